The van der Waals surface area contributed by atoms with Crippen molar-refractivity contribution in [2.45, 2.75) is 147 Å². The van der Waals surface area contributed by atoms with E-state index in [4.69, 9.17) is 15.2 Å². The zero-order valence-electron chi connectivity index (χ0n) is 22.0. The number of aliphatic hydroxyl groups excluding tert-OH is 1. The van der Waals surface area contributed by atoms with Crippen LogP contribution in [0.5, 0.6) is 0 Å². The lowest BCUT2D eigenvalue weighted by Gasteiger charge is -2.58. The summed E-state index contributed by atoms with van der Waals surface area (Å²) in [6.45, 7) is 13.2. The maximum Gasteiger partial charge on any atom is 0.175 e. The van der Waals surface area contributed by atoms with Crippen LogP contribution < -0.4 is 5.73 Å². The molecule has 190 valence electrons. The molecule has 5 heteroatoms. The van der Waals surface area contributed by atoms with E-state index in [2.05, 4.69) is 27.7 Å². The highest BCUT2D eigenvalue weighted by Crippen LogP contribution is 2.72. The first-order chi connectivity index (χ1) is 15.2. The number of rotatable bonds is 1. The topological polar surface area (TPSA) is 84.9 Å². The Morgan fingerprint density at radius 2 is 1.61 bits per heavy atom. The first-order valence-electron chi connectivity index (χ1n) is 13.7. The fraction of sp³-hybridized carbons (Fsp3) is 1.00. The van der Waals surface area contributed by atoms with Gasteiger partial charge in [-0.1, -0.05) is 40.5 Å². The van der Waals surface area contributed by atoms with Crippen LogP contribution in [-0.2, 0) is 9.47 Å². The van der Waals surface area contributed by atoms with E-state index in [-0.39, 0.29) is 40.1 Å². The van der Waals surface area contributed by atoms with Crippen LogP contribution in [0.4, 0.5) is 0 Å². The lowest BCUT2D eigenvalue weighted by molar-refractivity contribution is -0.389. The van der Waals surface area contributed by atoms with Gasteiger partial charge in [0.1, 0.15) is 0 Å². The summed E-state index contributed by atoms with van der Waals surface area (Å²) in [5.41, 5.74) is 6.41. The van der Waals surface area contributed by atoms with Gasteiger partial charge in [0.05, 0.1) is 23.9 Å². The van der Waals surface area contributed by atoms with Crippen molar-refractivity contribution in [3.63, 3.8) is 0 Å². The molecule has 0 amide bonds. The van der Waals surface area contributed by atoms with E-state index in [0.29, 0.717) is 11.8 Å². The molecule has 5 rings (SSSR count). The Labute approximate surface area is 201 Å². The molecule has 2 saturated heterocycles. The summed E-state index contributed by atoms with van der Waals surface area (Å²) >= 11 is 0. The van der Waals surface area contributed by atoms with Crippen molar-refractivity contribution >= 4 is 0 Å². The Hall–Kier alpha value is -0.200. The Bertz CT molecular complexity index is 778. The molecular weight excluding hydrogens is 414 g/mol. The van der Waals surface area contributed by atoms with Crippen molar-refractivity contribution in [1.29, 1.82) is 0 Å². The van der Waals surface area contributed by atoms with E-state index >= 15 is 0 Å². The molecule has 9 atom stereocenters. The fourth-order valence-corrected chi connectivity index (χ4v) is 9.43. The van der Waals surface area contributed by atoms with Crippen LogP contribution in [0, 0.1) is 28.1 Å². The van der Waals surface area contributed by atoms with E-state index in [9.17, 15) is 10.2 Å². The summed E-state index contributed by atoms with van der Waals surface area (Å²) in [6, 6.07) is 0. The van der Waals surface area contributed by atoms with Gasteiger partial charge in [0.25, 0.3) is 0 Å². The van der Waals surface area contributed by atoms with Gasteiger partial charge < -0.3 is 25.4 Å². The molecule has 9 unspecified atom stereocenters. The lowest BCUT2D eigenvalue weighted by atomic mass is 9.53. The summed E-state index contributed by atoms with van der Waals surface area (Å²) in [7, 11) is 0. The largest absolute Gasteiger partial charge is 0.393 e. The molecule has 2 heterocycles. The minimum atomic E-state index is -0.837. The smallest absolute Gasteiger partial charge is 0.175 e. The van der Waals surface area contributed by atoms with Gasteiger partial charge in [-0.2, -0.15) is 0 Å². The highest BCUT2D eigenvalue weighted by Gasteiger charge is 2.74. The Morgan fingerprint density at radius 3 is 2.27 bits per heavy atom. The van der Waals surface area contributed by atoms with Gasteiger partial charge in [0.2, 0.25) is 0 Å². The van der Waals surface area contributed by atoms with Crippen LogP contribution in [0.1, 0.15) is 112 Å². The molecule has 0 aromatic carbocycles. The highest BCUT2D eigenvalue weighted by atomic mass is 16.7. The molecular formula is C28H49NO4. The quantitative estimate of drug-likeness (QED) is 0.514. The van der Waals surface area contributed by atoms with Gasteiger partial charge in [-0.05, 0) is 87.4 Å². The molecule has 0 aromatic rings. The molecule has 1 spiro atoms. The molecule has 33 heavy (non-hydrogen) atoms. The number of ether oxygens (including phenoxy) is 2. The number of aliphatic hydroxyl groups is 2. The standard InChI is InChI=1S/C28H49NO4/c1-23(2)19-9-7-12-25(5)17-18-22(28(32-18)16-11-21(33-28)24(3,4)31)26(25,6)13-8-14-27(19,29)15-10-20(23)30/h18-22,30-31H,7-17,29H2,1-6H3. The molecule has 0 aromatic heterocycles. The van der Waals surface area contributed by atoms with Crippen LogP contribution in [0.2, 0.25) is 0 Å². The fourth-order valence-electron chi connectivity index (χ4n) is 9.43. The molecule has 0 bridgehead atoms. The van der Waals surface area contributed by atoms with Crippen molar-refractivity contribution in [3.05, 3.63) is 0 Å². The molecule has 5 nitrogen and oxygen atoms in total. The van der Waals surface area contributed by atoms with Crippen molar-refractivity contribution in [3.8, 4) is 0 Å². The zero-order chi connectivity index (χ0) is 24.1. The summed E-state index contributed by atoms with van der Waals surface area (Å²) in [6.07, 6.45) is 11.3. The van der Waals surface area contributed by atoms with Crippen LogP contribution in [0.3, 0.4) is 0 Å². The SMILES string of the molecule is CC(C)(O)C1CCC2(OC3CC4(C)CCCC5C(N)(CCCC4(C)C32)CCC(O)C5(C)C)O1. The third kappa shape index (κ3) is 3.43. The second-order valence-electron chi connectivity index (χ2n) is 14.3. The number of hydrogen-bond donors (Lipinski definition) is 3. The lowest BCUT2D eigenvalue weighted by Crippen LogP contribution is -2.63. The monoisotopic (exact) mass is 463 g/mol. The van der Waals surface area contributed by atoms with Crippen LogP contribution >= 0.6 is 0 Å². The Balaban J connectivity index is 1.40. The molecule has 3 saturated carbocycles. The molecule has 0 radical (unpaired) electrons. The summed E-state index contributed by atoms with van der Waals surface area (Å²) in [5, 5.41) is 21.4. The summed E-state index contributed by atoms with van der Waals surface area (Å²) in [4.78, 5) is 0. The third-order valence-electron chi connectivity index (χ3n) is 11.7. The van der Waals surface area contributed by atoms with Crippen LogP contribution in [-0.4, -0.2) is 45.5 Å². The second-order valence-corrected chi connectivity index (χ2v) is 14.3. The van der Waals surface area contributed by atoms with E-state index in [1.54, 1.807) is 0 Å². The first kappa shape index (κ1) is 24.5. The molecule has 4 N–H and O–H groups in total. The maximum absolute atomic E-state index is 10.8. The zero-order valence-corrected chi connectivity index (χ0v) is 22.0. The van der Waals surface area contributed by atoms with E-state index in [1.807, 2.05) is 13.8 Å². The van der Waals surface area contributed by atoms with Gasteiger partial charge in [0.15, 0.2) is 5.79 Å². The average molecular weight is 464 g/mol. The predicted molar refractivity (Wildman–Crippen MR) is 129 cm³/mol. The molecule has 3 aliphatic carbocycles. The van der Waals surface area contributed by atoms with Crippen molar-refractivity contribution in [2.75, 3.05) is 0 Å². The Morgan fingerprint density at radius 1 is 0.879 bits per heavy atom. The maximum atomic E-state index is 10.8. The van der Waals surface area contributed by atoms with Gasteiger partial charge >= 0.3 is 0 Å². The molecule has 5 fully saturated rings. The summed E-state index contributed by atoms with van der Waals surface area (Å²) < 4.78 is 13.1. The molecule has 2 aliphatic heterocycles. The van der Waals surface area contributed by atoms with Crippen molar-refractivity contribution in [2.24, 2.45) is 33.8 Å². The number of nitrogens with two attached hydrogens (primary N) is 1. The average Bonchev–Trinajstić information content (AvgIpc) is 3.20. The van der Waals surface area contributed by atoms with Gasteiger partial charge in [0, 0.05) is 17.9 Å². The minimum absolute atomic E-state index is 0.123. The first-order valence-corrected chi connectivity index (χ1v) is 13.7. The van der Waals surface area contributed by atoms with E-state index in [0.717, 1.165) is 64.2 Å². The van der Waals surface area contributed by atoms with E-state index < -0.39 is 11.4 Å². The second kappa shape index (κ2) is 7.41. The molecule has 5 aliphatic rings. The number of fused-ring (bicyclic) bond motifs is 5. The van der Waals surface area contributed by atoms with Gasteiger partial charge in [-0.3, -0.25) is 0 Å². The number of hydrogen-bond acceptors (Lipinski definition) is 5. The predicted octanol–water partition coefficient (Wildman–Crippen LogP) is 4.91. The van der Waals surface area contributed by atoms with Crippen molar-refractivity contribution < 1.29 is 19.7 Å². The van der Waals surface area contributed by atoms with Crippen LogP contribution in [0.15, 0.2) is 0 Å². The van der Waals surface area contributed by atoms with Crippen LogP contribution in [0.25, 0.3) is 0 Å². The Kier molecular flexibility index (Phi) is 5.50. The minimum Gasteiger partial charge on any atom is -0.393 e. The van der Waals surface area contributed by atoms with Gasteiger partial charge in [-0.25, -0.2) is 0 Å². The normalized spacial score (nSPS) is 54.3. The highest BCUT2D eigenvalue weighted by molar-refractivity contribution is 5.18. The van der Waals surface area contributed by atoms with Crippen molar-refractivity contribution in [1.82, 2.24) is 0 Å². The van der Waals surface area contributed by atoms with Gasteiger partial charge in [-0.15, -0.1) is 0 Å². The van der Waals surface area contributed by atoms with E-state index in [1.165, 1.54) is 6.42 Å². The summed E-state index contributed by atoms with van der Waals surface area (Å²) in [5.74, 6) is 0.260. The third-order valence-corrected chi connectivity index (χ3v) is 11.7.